The summed E-state index contributed by atoms with van der Waals surface area (Å²) in [6.07, 6.45) is 6.20. The SMILES string of the molecule is O=c1c2c3c(sc2ncn1Cc1coc(-c2ccc(F)cc2)n1)CCC3. The van der Waals surface area contributed by atoms with Crippen molar-refractivity contribution in [2.75, 3.05) is 0 Å². The van der Waals surface area contributed by atoms with Crippen molar-refractivity contribution in [3.05, 3.63) is 69.2 Å². The van der Waals surface area contributed by atoms with Gasteiger partial charge in [0.15, 0.2) is 0 Å². The molecule has 5 nitrogen and oxygen atoms in total. The quantitative estimate of drug-likeness (QED) is 0.553. The zero-order valence-electron chi connectivity index (χ0n) is 13.7. The molecule has 130 valence electrons. The Morgan fingerprint density at radius 1 is 1.23 bits per heavy atom. The number of thiophene rings is 1. The molecule has 0 aliphatic heterocycles. The Hall–Kier alpha value is -2.80. The summed E-state index contributed by atoms with van der Waals surface area (Å²) in [6, 6.07) is 5.94. The summed E-state index contributed by atoms with van der Waals surface area (Å²) in [5.74, 6) is 0.0910. The fourth-order valence-electron chi connectivity index (χ4n) is 3.41. The molecular weight excluding hydrogens is 353 g/mol. The Kier molecular flexibility index (Phi) is 3.49. The first-order valence-electron chi connectivity index (χ1n) is 8.39. The number of nitrogens with zero attached hydrogens (tertiary/aromatic N) is 3. The zero-order chi connectivity index (χ0) is 17.7. The van der Waals surface area contributed by atoms with E-state index in [2.05, 4.69) is 9.97 Å². The number of oxazole rings is 1. The van der Waals surface area contributed by atoms with E-state index in [0.29, 0.717) is 17.1 Å². The molecule has 0 saturated heterocycles. The molecule has 7 heteroatoms. The van der Waals surface area contributed by atoms with Crippen LogP contribution >= 0.6 is 11.3 Å². The van der Waals surface area contributed by atoms with Crippen LogP contribution in [-0.4, -0.2) is 14.5 Å². The lowest BCUT2D eigenvalue weighted by atomic mass is 10.2. The van der Waals surface area contributed by atoms with Gasteiger partial charge in [0.25, 0.3) is 5.56 Å². The van der Waals surface area contributed by atoms with Crippen LogP contribution in [0.4, 0.5) is 4.39 Å². The summed E-state index contributed by atoms with van der Waals surface area (Å²) in [4.78, 5) is 23.9. The molecule has 0 spiro atoms. The Balaban J connectivity index is 1.49. The molecule has 0 atom stereocenters. The number of aryl methyl sites for hydroxylation is 2. The van der Waals surface area contributed by atoms with Gasteiger partial charge in [0.05, 0.1) is 24.0 Å². The highest BCUT2D eigenvalue weighted by molar-refractivity contribution is 7.18. The lowest BCUT2D eigenvalue weighted by Gasteiger charge is -2.03. The van der Waals surface area contributed by atoms with Gasteiger partial charge in [-0.2, -0.15) is 0 Å². The van der Waals surface area contributed by atoms with Crippen LogP contribution in [0.2, 0.25) is 0 Å². The van der Waals surface area contributed by atoms with Gasteiger partial charge in [0, 0.05) is 10.4 Å². The van der Waals surface area contributed by atoms with Crippen molar-refractivity contribution in [2.45, 2.75) is 25.8 Å². The first-order valence-corrected chi connectivity index (χ1v) is 9.21. The second kappa shape index (κ2) is 5.88. The zero-order valence-corrected chi connectivity index (χ0v) is 14.6. The molecule has 0 amide bonds. The molecule has 0 radical (unpaired) electrons. The first kappa shape index (κ1) is 15.5. The third-order valence-electron chi connectivity index (χ3n) is 4.67. The Morgan fingerprint density at radius 2 is 2.08 bits per heavy atom. The van der Waals surface area contributed by atoms with Gasteiger partial charge in [-0.15, -0.1) is 11.3 Å². The summed E-state index contributed by atoms with van der Waals surface area (Å²) in [7, 11) is 0. The van der Waals surface area contributed by atoms with Crippen molar-refractivity contribution in [1.82, 2.24) is 14.5 Å². The van der Waals surface area contributed by atoms with Crippen molar-refractivity contribution in [3.8, 4) is 11.5 Å². The third kappa shape index (κ3) is 2.47. The van der Waals surface area contributed by atoms with Crippen molar-refractivity contribution < 1.29 is 8.81 Å². The standard InChI is InChI=1S/C19H14FN3O2S/c20-12-6-4-11(5-7-12)17-22-13(9-25-17)8-23-10-21-18-16(19(23)24)14-2-1-3-15(14)26-18/h4-7,9-10H,1-3,8H2. The number of halogens is 1. The highest BCUT2D eigenvalue weighted by Gasteiger charge is 2.21. The molecule has 1 aromatic carbocycles. The highest BCUT2D eigenvalue weighted by atomic mass is 32.1. The van der Waals surface area contributed by atoms with E-state index in [1.165, 1.54) is 28.8 Å². The van der Waals surface area contributed by atoms with E-state index in [4.69, 9.17) is 4.42 Å². The van der Waals surface area contributed by atoms with Crippen molar-refractivity contribution in [2.24, 2.45) is 0 Å². The summed E-state index contributed by atoms with van der Waals surface area (Å²) in [6.45, 7) is 0.289. The van der Waals surface area contributed by atoms with Crippen LogP contribution in [0.25, 0.3) is 21.7 Å². The number of hydrogen-bond donors (Lipinski definition) is 0. The molecule has 0 bridgehead atoms. The number of aromatic nitrogens is 3. The molecule has 3 heterocycles. The molecule has 3 aromatic heterocycles. The van der Waals surface area contributed by atoms with Gasteiger partial charge < -0.3 is 4.42 Å². The Labute approximate surface area is 151 Å². The Morgan fingerprint density at radius 3 is 2.92 bits per heavy atom. The van der Waals surface area contributed by atoms with Crippen LogP contribution in [0.15, 0.2) is 46.1 Å². The molecule has 0 N–H and O–H groups in total. The Bertz CT molecular complexity index is 1170. The maximum atomic E-state index is 13.0. The number of fused-ring (bicyclic) bond motifs is 3. The van der Waals surface area contributed by atoms with Crippen molar-refractivity contribution >= 4 is 21.6 Å². The van der Waals surface area contributed by atoms with E-state index in [1.807, 2.05) is 0 Å². The molecule has 1 aliphatic rings. The average molecular weight is 367 g/mol. The molecular formula is C19H14FN3O2S. The monoisotopic (exact) mass is 367 g/mol. The second-order valence-corrected chi connectivity index (χ2v) is 7.45. The van der Waals surface area contributed by atoms with Crippen LogP contribution < -0.4 is 5.56 Å². The number of rotatable bonds is 3. The fourth-order valence-corrected chi connectivity index (χ4v) is 4.63. The van der Waals surface area contributed by atoms with Gasteiger partial charge in [-0.05, 0) is 49.1 Å². The molecule has 26 heavy (non-hydrogen) atoms. The highest BCUT2D eigenvalue weighted by Crippen LogP contribution is 2.34. The first-order chi connectivity index (χ1) is 12.7. The predicted octanol–water partition coefficient (Wildman–Crippen LogP) is 3.79. The maximum absolute atomic E-state index is 13.0. The predicted molar refractivity (Wildman–Crippen MR) is 96.9 cm³/mol. The topological polar surface area (TPSA) is 60.9 Å². The molecule has 0 fully saturated rings. The minimum atomic E-state index is -0.310. The fraction of sp³-hybridized carbons (Fsp3) is 0.211. The molecule has 0 unspecified atom stereocenters. The van der Waals surface area contributed by atoms with E-state index >= 15 is 0 Å². The molecule has 5 rings (SSSR count). The maximum Gasteiger partial charge on any atom is 0.262 e. The summed E-state index contributed by atoms with van der Waals surface area (Å²) in [5.41, 5.74) is 2.46. The van der Waals surface area contributed by atoms with Crippen molar-refractivity contribution in [1.29, 1.82) is 0 Å². The van der Waals surface area contributed by atoms with Crippen molar-refractivity contribution in [3.63, 3.8) is 0 Å². The van der Waals surface area contributed by atoms with Gasteiger partial charge in [0.1, 0.15) is 16.9 Å². The van der Waals surface area contributed by atoms with Crippen LogP contribution in [0.1, 0.15) is 22.6 Å². The molecule has 0 saturated carbocycles. The number of hydrogen-bond acceptors (Lipinski definition) is 5. The van der Waals surface area contributed by atoms with E-state index in [-0.39, 0.29) is 17.9 Å². The van der Waals surface area contributed by atoms with E-state index in [0.717, 1.165) is 29.5 Å². The average Bonchev–Trinajstić information content (AvgIpc) is 3.34. The third-order valence-corrected chi connectivity index (χ3v) is 5.87. The van der Waals surface area contributed by atoms with Gasteiger partial charge in [-0.3, -0.25) is 9.36 Å². The van der Waals surface area contributed by atoms with Crippen LogP contribution in [0, 0.1) is 5.82 Å². The van der Waals surface area contributed by atoms with Gasteiger partial charge in [-0.25, -0.2) is 14.4 Å². The largest absolute Gasteiger partial charge is 0.444 e. The van der Waals surface area contributed by atoms with Gasteiger partial charge in [-0.1, -0.05) is 0 Å². The molecule has 4 aromatic rings. The van der Waals surface area contributed by atoms with Crippen LogP contribution in [0.5, 0.6) is 0 Å². The number of benzene rings is 1. The minimum Gasteiger partial charge on any atom is -0.444 e. The summed E-state index contributed by atoms with van der Waals surface area (Å²) < 4.78 is 20.1. The molecule has 1 aliphatic carbocycles. The van der Waals surface area contributed by atoms with Gasteiger partial charge >= 0.3 is 0 Å². The van der Waals surface area contributed by atoms with Crippen LogP contribution in [-0.2, 0) is 19.4 Å². The smallest absolute Gasteiger partial charge is 0.262 e. The summed E-state index contributed by atoms with van der Waals surface area (Å²) in [5, 5.41) is 0.757. The minimum absolute atomic E-state index is 0.0271. The van der Waals surface area contributed by atoms with E-state index in [1.54, 1.807) is 34.4 Å². The summed E-state index contributed by atoms with van der Waals surface area (Å²) >= 11 is 1.63. The lowest BCUT2D eigenvalue weighted by molar-refractivity contribution is 0.570. The van der Waals surface area contributed by atoms with E-state index < -0.39 is 0 Å². The van der Waals surface area contributed by atoms with E-state index in [9.17, 15) is 9.18 Å². The lowest BCUT2D eigenvalue weighted by Crippen LogP contribution is -2.21. The second-order valence-electron chi connectivity index (χ2n) is 6.37. The van der Waals surface area contributed by atoms with Crippen LogP contribution in [0.3, 0.4) is 0 Å². The normalized spacial score (nSPS) is 13.4. The van der Waals surface area contributed by atoms with Gasteiger partial charge in [0.2, 0.25) is 5.89 Å².